The second kappa shape index (κ2) is 8.86. The first-order valence-corrected chi connectivity index (χ1v) is 5.56. The minimum absolute atomic E-state index is 0. The van der Waals surface area contributed by atoms with Crippen LogP contribution < -0.4 is 0 Å². The van der Waals surface area contributed by atoms with Crippen molar-refractivity contribution in [3.63, 3.8) is 0 Å². The first-order valence-electron chi connectivity index (χ1n) is 5.56. The van der Waals surface area contributed by atoms with Crippen molar-refractivity contribution in [2.75, 3.05) is 0 Å². The van der Waals surface area contributed by atoms with Gasteiger partial charge in [0.05, 0.1) is 0 Å². The predicted octanol–water partition coefficient (Wildman–Crippen LogP) is 4.56. The van der Waals surface area contributed by atoms with E-state index < -0.39 is 0 Å². The molecule has 0 fully saturated rings. The molecule has 1 heteroatoms. The minimum Gasteiger partial charge on any atom is -0.0805 e. The summed E-state index contributed by atoms with van der Waals surface area (Å²) >= 11 is 0. The number of allylic oxidation sites excluding steroid dienone is 8. The van der Waals surface area contributed by atoms with Crippen LogP contribution in [0.15, 0.2) is 47.6 Å². The molecule has 2 rings (SSSR count). The predicted molar refractivity (Wildman–Crippen MR) is 64.3 cm³/mol. The van der Waals surface area contributed by atoms with Crippen LogP contribution in [-0.4, -0.2) is 0 Å². The molecule has 0 amide bonds. The fourth-order valence-corrected chi connectivity index (χ4v) is 1.51. The Hall–Kier alpha value is -0.417. The van der Waals surface area contributed by atoms with Crippen LogP contribution in [0, 0.1) is 0 Å². The smallest absolute Gasteiger partial charge is 0 e. The van der Waals surface area contributed by atoms with Crippen LogP contribution in [0.1, 0.15) is 39.5 Å². The minimum atomic E-state index is 0. The Morgan fingerprint density at radius 3 is 1.40 bits per heavy atom. The quantitative estimate of drug-likeness (QED) is 0.654. The molecule has 2 aliphatic carbocycles. The van der Waals surface area contributed by atoms with Gasteiger partial charge >= 0.3 is 0 Å². The van der Waals surface area contributed by atoms with Crippen LogP contribution in [0.3, 0.4) is 0 Å². The Kier molecular flexibility index (Phi) is 8.61. The third-order valence-corrected chi connectivity index (χ3v) is 2.60. The van der Waals surface area contributed by atoms with E-state index in [1.165, 1.54) is 25.7 Å². The molecule has 0 bridgehead atoms. The second-order valence-electron chi connectivity index (χ2n) is 3.62. The van der Waals surface area contributed by atoms with Crippen molar-refractivity contribution >= 4 is 0 Å². The summed E-state index contributed by atoms with van der Waals surface area (Å²) in [6.07, 6.45) is 17.8. The zero-order chi connectivity index (χ0) is 10.2. The van der Waals surface area contributed by atoms with E-state index in [4.69, 9.17) is 0 Å². The largest absolute Gasteiger partial charge is 0.0805 e. The zero-order valence-corrected chi connectivity index (χ0v) is 11.4. The number of hydrogen-bond acceptors (Lipinski definition) is 0. The number of rotatable bonds is 2. The molecular weight excluding hydrogens is 269 g/mol. The van der Waals surface area contributed by atoms with Gasteiger partial charge in [-0.25, -0.2) is 0 Å². The molecule has 0 spiro atoms. The van der Waals surface area contributed by atoms with Crippen LogP contribution in [0.2, 0.25) is 0 Å². The van der Waals surface area contributed by atoms with E-state index in [0.29, 0.717) is 0 Å². The molecule has 0 radical (unpaired) electrons. The topological polar surface area (TPSA) is 0 Å². The fourth-order valence-electron chi connectivity index (χ4n) is 1.51. The zero-order valence-electron chi connectivity index (χ0n) is 9.65. The van der Waals surface area contributed by atoms with Gasteiger partial charge in [-0.1, -0.05) is 61.4 Å². The Bertz CT molecular complexity index is 250. The Morgan fingerprint density at radius 1 is 0.867 bits per heavy atom. The molecule has 15 heavy (non-hydrogen) atoms. The first-order chi connectivity index (χ1) is 6.86. The standard InChI is InChI=1S/2C7H10.Ru/c2*1-2-7-5-3-4-6-7;/h2*3-5H,2,6H2,1H3;. The molecule has 84 valence electrons. The average Bonchev–Trinajstić information content (AvgIpc) is 2.92. The third kappa shape index (κ3) is 5.89. The monoisotopic (exact) mass is 290 g/mol. The van der Waals surface area contributed by atoms with Gasteiger partial charge in [0, 0.05) is 19.5 Å². The Labute approximate surface area is 107 Å². The SMILES string of the molecule is CCC1=CC=CC1.CCC1=CC=CC1.[Ru]. The first kappa shape index (κ1) is 14.6. The van der Waals surface area contributed by atoms with Crippen molar-refractivity contribution in [2.45, 2.75) is 39.5 Å². The molecule has 0 aromatic rings. The molecule has 0 unspecified atom stereocenters. The van der Waals surface area contributed by atoms with Gasteiger partial charge in [-0.05, 0) is 25.7 Å². The van der Waals surface area contributed by atoms with Gasteiger partial charge in [-0.15, -0.1) is 0 Å². The summed E-state index contributed by atoms with van der Waals surface area (Å²) in [5.74, 6) is 0. The average molecular weight is 289 g/mol. The fraction of sp³-hybridized carbons (Fsp3) is 0.429. The molecule has 0 saturated heterocycles. The van der Waals surface area contributed by atoms with E-state index in [-0.39, 0.29) is 19.5 Å². The second-order valence-corrected chi connectivity index (χ2v) is 3.62. The molecule has 0 atom stereocenters. The van der Waals surface area contributed by atoms with Crippen molar-refractivity contribution in [3.8, 4) is 0 Å². The van der Waals surface area contributed by atoms with E-state index in [2.05, 4.69) is 50.3 Å². The van der Waals surface area contributed by atoms with Crippen molar-refractivity contribution in [1.82, 2.24) is 0 Å². The molecule has 0 nitrogen and oxygen atoms in total. The van der Waals surface area contributed by atoms with E-state index in [1.807, 2.05) is 0 Å². The summed E-state index contributed by atoms with van der Waals surface area (Å²) in [5, 5.41) is 0. The van der Waals surface area contributed by atoms with Crippen LogP contribution in [0.5, 0.6) is 0 Å². The van der Waals surface area contributed by atoms with Crippen molar-refractivity contribution in [3.05, 3.63) is 47.6 Å². The maximum atomic E-state index is 2.19. The molecule has 0 aliphatic heterocycles. The van der Waals surface area contributed by atoms with Crippen LogP contribution >= 0.6 is 0 Å². The van der Waals surface area contributed by atoms with Gasteiger partial charge < -0.3 is 0 Å². The summed E-state index contributed by atoms with van der Waals surface area (Å²) < 4.78 is 0. The molecular formula is C14H20Ru. The van der Waals surface area contributed by atoms with Gasteiger partial charge in [-0.3, -0.25) is 0 Å². The van der Waals surface area contributed by atoms with Crippen molar-refractivity contribution in [1.29, 1.82) is 0 Å². The van der Waals surface area contributed by atoms with Crippen molar-refractivity contribution in [2.24, 2.45) is 0 Å². The van der Waals surface area contributed by atoms with E-state index in [0.717, 1.165) is 0 Å². The van der Waals surface area contributed by atoms with E-state index >= 15 is 0 Å². The Morgan fingerprint density at radius 2 is 1.27 bits per heavy atom. The van der Waals surface area contributed by atoms with E-state index in [1.54, 1.807) is 11.1 Å². The van der Waals surface area contributed by atoms with Crippen molar-refractivity contribution < 1.29 is 19.5 Å². The summed E-state index contributed by atoms with van der Waals surface area (Å²) in [7, 11) is 0. The molecule has 0 aromatic heterocycles. The van der Waals surface area contributed by atoms with Crippen LogP contribution in [0.4, 0.5) is 0 Å². The summed E-state index contributed by atoms with van der Waals surface area (Å²) in [6.45, 7) is 4.39. The Balaban J connectivity index is 0.000000245. The molecule has 0 heterocycles. The molecule has 2 aliphatic rings. The van der Waals surface area contributed by atoms with Crippen LogP contribution in [0.25, 0.3) is 0 Å². The van der Waals surface area contributed by atoms with Gasteiger partial charge in [0.2, 0.25) is 0 Å². The van der Waals surface area contributed by atoms with Crippen LogP contribution in [-0.2, 0) is 19.5 Å². The van der Waals surface area contributed by atoms with Gasteiger partial charge in [-0.2, -0.15) is 0 Å². The normalized spacial score (nSPS) is 16.4. The third-order valence-electron chi connectivity index (χ3n) is 2.60. The molecule has 0 aromatic carbocycles. The maximum Gasteiger partial charge on any atom is 0 e. The van der Waals surface area contributed by atoms with Gasteiger partial charge in [0.25, 0.3) is 0 Å². The summed E-state index contributed by atoms with van der Waals surface area (Å²) in [6, 6.07) is 0. The summed E-state index contributed by atoms with van der Waals surface area (Å²) in [5.41, 5.74) is 3.11. The van der Waals surface area contributed by atoms with E-state index in [9.17, 15) is 0 Å². The van der Waals surface area contributed by atoms with Gasteiger partial charge in [0.15, 0.2) is 0 Å². The molecule has 0 saturated carbocycles. The number of hydrogen-bond donors (Lipinski definition) is 0. The molecule has 0 N–H and O–H groups in total. The van der Waals surface area contributed by atoms with Gasteiger partial charge in [0.1, 0.15) is 0 Å². The summed E-state index contributed by atoms with van der Waals surface area (Å²) in [4.78, 5) is 0. The maximum absolute atomic E-state index is 2.19.